The summed E-state index contributed by atoms with van der Waals surface area (Å²) < 4.78 is 0. The van der Waals surface area contributed by atoms with Gasteiger partial charge in [0.05, 0.1) is 11.9 Å². The van der Waals surface area contributed by atoms with Gasteiger partial charge in [-0.3, -0.25) is 14.9 Å². The Morgan fingerprint density at radius 1 is 1.35 bits per heavy atom. The van der Waals surface area contributed by atoms with Crippen LogP contribution < -0.4 is 5.43 Å². The molecule has 2 heterocycles. The van der Waals surface area contributed by atoms with Crippen LogP contribution in [0.25, 0.3) is 0 Å². The maximum atomic E-state index is 12.0. The van der Waals surface area contributed by atoms with Gasteiger partial charge in [0.2, 0.25) is 0 Å². The van der Waals surface area contributed by atoms with Crippen LogP contribution in [-0.2, 0) is 12.8 Å². The molecule has 0 fully saturated rings. The molecule has 0 saturated heterocycles. The number of hydrazone groups is 1. The minimum Gasteiger partial charge on any atom is -0.281 e. The summed E-state index contributed by atoms with van der Waals surface area (Å²) in [5, 5.41) is 10.9. The smallest absolute Gasteiger partial charge is 0.281 e. The topological polar surface area (TPSA) is 83.0 Å². The Balaban J connectivity index is 1.68. The number of hydrogen-bond donors (Lipinski definition) is 2. The molecule has 1 aliphatic carbocycles. The molecule has 20 heavy (non-hydrogen) atoms. The van der Waals surface area contributed by atoms with Gasteiger partial charge in [-0.05, 0) is 37.8 Å². The van der Waals surface area contributed by atoms with E-state index in [1.165, 1.54) is 6.21 Å². The number of fused-ring (bicyclic) bond motifs is 1. The minimum atomic E-state index is -0.281. The highest BCUT2D eigenvalue weighted by molar-refractivity contribution is 5.94. The molecule has 0 aromatic carbocycles. The average Bonchev–Trinajstić information content (AvgIpc) is 2.92. The number of rotatable bonds is 3. The van der Waals surface area contributed by atoms with Gasteiger partial charge < -0.3 is 0 Å². The number of carbonyl (C=O) groups is 1. The first-order chi connectivity index (χ1) is 9.84. The molecule has 0 radical (unpaired) electrons. The third-order valence-corrected chi connectivity index (χ3v) is 3.32. The number of carbonyl (C=O) groups excluding carboxylic acids is 1. The number of H-pyrrole nitrogens is 1. The fraction of sp³-hybridized carbons (Fsp3) is 0.286. The molecule has 1 amide bonds. The van der Waals surface area contributed by atoms with Crippen molar-refractivity contribution in [2.75, 3.05) is 0 Å². The van der Waals surface area contributed by atoms with Crippen molar-refractivity contribution in [2.24, 2.45) is 5.10 Å². The zero-order valence-electron chi connectivity index (χ0n) is 11.0. The first-order valence-corrected chi connectivity index (χ1v) is 6.65. The van der Waals surface area contributed by atoms with E-state index in [4.69, 9.17) is 0 Å². The van der Waals surface area contributed by atoms with Crippen LogP contribution in [0.5, 0.6) is 0 Å². The number of aromatic nitrogens is 3. The fourth-order valence-electron chi connectivity index (χ4n) is 2.33. The second-order valence-corrected chi connectivity index (χ2v) is 4.69. The third-order valence-electron chi connectivity index (χ3n) is 3.32. The second kappa shape index (κ2) is 5.64. The van der Waals surface area contributed by atoms with Gasteiger partial charge in [0.1, 0.15) is 0 Å². The van der Waals surface area contributed by atoms with Crippen LogP contribution in [0, 0.1) is 0 Å². The van der Waals surface area contributed by atoms with Crippen molar-refractivity contribution in [2.45, 2.75) is 25.7 Å². The molecule has 0 saturated carbocycles. The van der Waals surface area contributed by atoms with E-state index in [1.54, 1.807) is 6.20 Å². The third kappa shape index (κ3) is 2.59. The molecule has 6 heteroatoms. The molecule has 1 aliphatic rings. The summed E-state index contributed by atoms with van der Waals surface area (Å²) >= 11 is 0. The summed E-state index contributed by atoms with van der Waals surface area (Å²) in [6.07, 6.45) is 7.30. The lowest BCUT2D eigenvalue weighted by Gasteiger charge is -2.10. The molecule has 0 unspecified atom stereocenters. The van der Waals surface area contributed by atoms with Gasteiger partial charge in [0.15, 0.2) is 5.69 Å². The largest absolute Gasteiger partial charge is 0.292 e. The van der Waals surface area contributed by atoms with Crippen molar-refractivity contribution in [1.29, 1.82) is 0 Å². The van der Waals surface area contributed by atoms with Crippen molar-refractivity contribution in [1.82, 2.24) is 20.6 Å². The van der Waals surface area contributed by atoms with E-state index in [0.717, 1.165) is 36.9 Å². The minimum absolute atomic E-state index is 0.281. The number of hydrogen-bond acceptors (Lipinski definition) is 4. The highest BCUT2D eigenvalue weighted by Crippen LogP contribution is 2.21. The molecule has 0 bridgehead atoms. The summed E-state index contributed by atoms with van der Waals surface area (Å²) in [6.45, 7) is 0. The summed E-state index contributed by atoms with van der Waals surface area (Å²) in [7, 11) is 0. The molecule has 102 valence electrons. The number of pyridine rings is 1. The Labute approximate surface area is 116 Å². The van der Waals surface area contributed by atoms with Crippen molar-refractivity contribution in [3.63, 3.8) is 0 Å². The SMILES string of the molecule is O=C(NN=Cc1ccccn1)c1n[nH]c2c1CCCC2. The summed E-state index contributed by atoms with van der Waals surface area (Å²) in [6, 6.07) is 5.50. The number of nitrogens with one attached hydrogen (secondary N) is 2. The van der Waals surface area contributed by atoms with Crippen LogP contribution in [0.15, 0.2) is 29.5 Å². The average molecular weight is 269 g/mol. The van der Waals surface area contributed by atoms with Gasteiger partial charge in [-0.15, -0.1) is 0 Å². The molecule has 0 atom stereocenters. The van der Waals surface area contributed by atoms with E-state index in [1.807, 2.05) is 18.2 Å². The number of aryl methyl sites for hydroxylation is 1. The van der Waals surface area contributed by atoms with Crippen molar-refractivity contribution in [3.05, 3.63) is 47.0 Å². The van der Waals surface area contributed by atoms with Crippen LogP contribution >= 0.6 is 0 Å². The van der Waals surface area contributed by atoms with Gasteiger partial charge in [-0.25, -0.2) is 5.43 Å². The molecule has 2 aromatic heterocycles. The van der Waals surface area contributed by atoms with Gasteiger partial charge >= 0.3 is 0 Å². The first kappa shape index (κ1) is 12.5. The van der Waals surface area contributed by atoms with Crippen molar-refractivity contribution >= 4 is 12.1 Å². The summed E-state index contributed by atoms with van der Waals surface area (Å²) in [4.78, 5) is 16.1. The molecule has 0 aliphatic heterocycles. The van der Waals surface area contributed by atoms with Gasteiger partial charge in [-0.2, -0.15) is 10.2 Å². The van der Waals surface area contributed by atoms with Crippen molar-refractivity contribution < 1.29 is 4.79 Å². The monoisotopic (exact) mass is 269 g/mol. The van der Waals surface area contributed by atoms with Crippen LogP contribution in [0.1, 0.15) is 40.3 Å². The predicted octanol–water partition coefficient (Wildman–Crippen LogP) is 1.45. The van der Waals surface area contributed by atoms with E-state index in [2.05, 4.69) is 25.7 Å². The van der Waals surface area contributed by atoms with Crippen molar-refractivity contribution in [3.8, 4) is 0 Å². The summed E-state index contributed by atoms with van der Waals surface area (Å²) in [5.41, 5.74) is 5.75. The molecular weight excluding hydrogens is 254 g/mol. The second-order valence-electron chi connectivity index (χ2n) is 4.69. The Bertz CT molecular complexity index is 632. The number of nitrogens with zero attached hydrogens (tertiary/aromatic N) is 3. The maximum Gasteiger partial charge on any atom is 0.292 e. The Kier molecular flexibility index (Phi) is 3.54. The van der Waals surface area contributed by atoms with E-state index < -0.39 is 0 Å². The zero-order chi connectivity index (χ0) is 13.8. The first-order valence-electron chi connectivity index (χ1n) is 6.65. The van der Waals surface area contributed by atoms with Crippen LogP contribution in [0.4, 0.5) is 0 Å². The Morgan fingerprint density at radius 3 is 3.10 bits per heavy atom. The van der Waals surface area contributed by atoms with Gasteiger partial charge in [0.25, 0.3) is 5.91 Å². The van der Waals surface area contributed by atoms with Crippen LogP contribution in [0.3, 0.4) is 0 Å². The van der Waals surface area contributed by atoms with Crippen LogP contribution in [-0.4, -0.2) is 27.3 Å². The summed E-state index contributed by atoms with van der Waals surface area (Å²) in [5.74, 6) is -0.281. The van der Waals surface area contributed by atoms with E-state index in [9.17, 15) is 4.79 Å². The fourth-order valence-corrected chi connectivity index (χ4v) is 2.33. The van der Waals surface area contributed by atoms with E-state index in [0.29, 0.717) is 11.4 Å². The molecule has 0 spiro atoms. The highest BCUT2D eigenvalue weighted by atomic mass is 16.2. The molecule has 2 aromatic rings. The quantitative estimate of drug-likeness (QED) is 0.653. The Morgan fingerprint density at radius 2 is 2.25 bits per heavy atom. The number of aromatic amines is 1. The lowest BCUT2D eigenvalue weighted by Crippen LogP contribution is -2.20. The van der Waals surface area contributed by atoms with Gasteiger partial charge in [0, 0.05) is 17.5 Å². The molecule has 2 N–H and O–H groups in total. The zero-order valence-corrected chi connectivity index (χ0v) is 11.0. The van der Waals surface area contributed by atoms with Crippen LogP contribution in [0.2, 0.25) is 0 Å². The lowest BCUT2D eigenvalue weighted by atomic mass is 9.96. The number of amides is 1. The lowest BCUT2D eigenvalue weighted by molar-refractivity contribution is 0.0949. The molecule has 3 rings (SSSR count). The van der Waals surface area contributed by atoms with E-state index in [-0.39, 0.29) is 5.91 Å². The predicted molar refractivity (Wildman–Crippen MR) is 74.5 cm³/mol. The standard InChI is InChI=1S/C14H15N5O/c20-14(19-16-9-10-5-3-4-8-15-10)13-11-6-1-2-7-12(11)17-18-13/h3-5,8-9H,1-2,6-7H2,(H,17,18)(H,19,20). The van der Waals surface area contributed by atoms with Gasteiger partial charge in [-0.1, -0.05) is 6.07 Å². The highest BCUT2D eigenvalue weighted by Gasteiger charge is 2.21. The normalized spacial score (nSPS) is 14.2. The maximum absolute atomic E-state index is 12.0. The molecular formula is C14H15N5O. The van der Waals surface area contributed by atoms with E-state index >= 15 is 0 Å². The Hall–Kier alpha value is -2.50. The molecule has 6 nitrogen and oxygen atoms in total.